The number of carboxylic acids is 1. The molecule has 0 saturated heterocycles. The van der Waals surface area contributed by atoms with Crippen molar-refractivity contribution in [2.24, 2.45) is 0 Å². The van der Waals surface area contributed by atoms with Gasteiger partial charge in [0.2, 0.25) is 5.91 Å². The zero-order valence-electron chi connectivity index (χ0n) is 34.1. The van der Waals surface area contributed by atoms with Gasteiger partial charge in [-0.2, -0.15) is 13.2 Å². The first-order valence-corrected chi connectivity index (χ1v) is 21.3. The number of carboxylic acid groups (broad SMARTS) is 1. The summed E-state index contributed by atoms with van der Waals surface area (Å²) in [6.45, 7) is 3.06. The number of nitrogens with zero attached hydrogens (tertiary/aromatic N) is 1. The van der Waals surface area contributed by atoms with Crippen LogP contribution in [-0.4, -0.2) is 40.6 Å². The van der Waals surface area contributed by atoms with Gasteiger partial charge in [0.15, 0.2) is 17.6 Å². The molecule has 1 amide bonds. The molecule has 6 aromatic rings. The van der Waals surface area contributed by atoms with Gasteiger partial charge < -0.3 is 24.6 Å². The fourth-order valence-corrected chi connectivity index (χ4v) is 8.53. The highest BCUT2D eigenvalue weighted by molar-refractivity contribution is 6.42. The number of rotatable bonds is 13. The number of ether oxygens (including phenoxy) is 3. The maximum absolute atomic E-state index is 14.4. The van der Waals surface area contributed by atoms with Crippen molar-refractivity contribution < 1.29 is 42.1 Å². The Labute approximate surface area is 373 Å². The van der Waals surface area contributed by atoms with Gasteiger partial charge in [-0.25, -0.2) is 4.79 Å². The second kappa shape index (κ2) is 18.8. The smallest absolute Gasteiger partial charge is 0.416 e. The first kappa shape index (κ1) is 43.6. The molecule has 6 aromatic carbocycles. The molecule has 63 heavy (non-hydrogen) atoms. The number of hydrogen-bond acceptors (Lipinski definition) is 6. The lowest BCUT2D eigenvalue weighted by molar-refractivity contribution is -0.143. The molecular formula is C50H43Cl2F3N2O6. The topological polar surface area (TPSA) is 97.3 Å². The van der Waals surface area contributed by atoms with Crippen LogP contribution < -0.4 is 19.5 Å². The van der Waals surface area contributed by atoms with E-state index in [-0.39, 0.29) is 25.2 Å². The molecule has 2 aliphatic heterocycles. The minimum absolute atomic E-state index is 0.00188. The molecule has 13 heteroatoms. The van der Waals surface area contributed by atoms with Crippen LogP contribution in [0.15, 0.2) is 133 Å². The van der Waals surface area contributed by atoms with E-state index in [1.54, 1.807) is 36.4 Å². The van der Waals surface area contributed by atoms with Crippen molar-refractivity contribution in [1.82, 2.24) is 10.2 Å². The van der Waals surface area contributed by atoms with Gasteiger partial charge in [-0.15, -0.1) is 0 Å². The third-order valence-electron chi connectivity index (χ3n) is 11.6. The number of carbonyl (C=O) groups excluding carboxylic acids is 1. The van der Waals surface area contributed by atoms with Crippen LogP contribution >= 0.6 is 23.2 Å². The van der Waals surface area contributed by atoms with Crippen LogP contribution in [0.4, 0.5) is 13.2 Å². The predicted octanol–water partition coefficient (Wildman–Crippen LogP) is 11.5. The van der Waals surface area contributed by atoms with E-state index in [1.165, 1.54) is 12.1 Å². The van der Waals surface area contributed by atoms with Gasteiger partial charge in [0.25, 0.3) is 0 Å². The molecule has 0 aromatic heterocycles. The normalized spacial score (nSPS) is 17.0. The average Bonchev–Trinajstić information content (AvgIpc) is 3.29. The summed E-state index contributed by atoms with van der Waals surface area (Å²) in [4.78, 5) is 29.2. The first-order chi connectivity index (χ1) is 30.3. The van der Waals surface area contributed by atoms with Crippen LogP contribution in [0.2, 0.25) is 10.0 Å². The van der Waals surface area contributed by atoms with Gasteiger partial charge in [-0.05, 0) is 106 Å². The van der Waals surface area contributed by atoms with Gasteiger partial charge in [0.05, 0.1) is 21.7 Å². The van der Waals surface area contributed by atoms with E-state index in [4.69, 9.17) is 37.4 Å². The quantitative estimate of drug-likeness (QED) is 0.119. The number of amides is 1. The number of halogens is 5. The number of hydrogen-bond donors (Lipinski definition) is 2. The SMILES string of the molecule is CC[C@@H](c1ccccc1)N1Cc2cc3c(cc2C[C@H]1C(=O)N[C@@H](Cc1ccc(-c2ccc(C(F)(F)F)cc2)cc1)C(=O)O)OC[C@H](c1ccc(OCc2ccc(Cl)c(Cl)c2)cc1)O3. The summed E-state index contributed by atoms with van der Waals surface area (Å²) in [6, 6.07) is 36.5. The predicted molar refractivity (Wildman–Crippen MR) is 235 cm³/mol. The Bertz CT molecular complexity index is 2570. The molecule has 4 atom stereocenters. The third kappa shape index (κ3) is 10.1. The number of alkyl halides is 3. The Morgan fingerprint density at radius 3 is 2.14 bits per heavy atom. The Kier molecular flexibility index (Phi) is 13.0. The summed E-state index contributed by atoms with van der Waals surface area (Å²) in [5.41, 5.74) is 5.90. The van der Waals surface area contributed by atoms with Crippen molar-refractivity contribution in [3.05, 3.63) is 182 Å². The molecule has 0 radical (unpaired) electrons. The lowest BCUT2D eigenvalue weighted by Gasteiger charge is -2.42. The zero-order chi connectivity index (χ0) is 44.3. The van der Waals surface area contributed by atoms with E-state index in [9.17, 15) is 27.9 Å². The highest BCUT2D eigenvalue weighted by Crippen LogP contribution is 2.43. The van der Waals surface area contributed by atoms with Gasteiger partial charge in [0.1, 0.15) is 25.0 Å². The molecule has 0 unspecified atom stereocenters. The van der Waals surface area contributed by atoms with Crippen molar-refractivity contribution in [2.45, 2.75) is 69.7 Å². The maximum Gasteiger partial charge on any atom is 0.416 e. The molecule has 0 fully saturated rings. The molecule has 2 heterocycles. The Hall–Kier alpha value is -6.01. The second-order valence-electron chi connectivity index (χ2n) is 15.7. The lowest BCUT2D eigenvalue weighted by Crippen LogP contribution is -2.55. The van der Waals surface area contributed by atoms with E-state index in [0.717, 1.165) is 39.9 Å². The molecule has 0 aliphatic carbocycles. The summed E-state index contributed by atoms with van der Waals surface area (Å²) < 4.78 is 58.1. The minimum Gasteiger partial charge on any atom is -0.489 e. The first-order valence-electron chi connectivity index (χ1n) is 20.6. The van der Waals surface area contributed by atoms with Crippen LogP contribution in [0.1, 0.15) is 64.4 Å². The summed E-state index contributed by atoms with van der Waals surface area (Å²) >= 11 is 12.2. The monoisotopic (exact) mass is 894 g/mol. The van der Waals surface area contributed by atoms with Crippen molar-refractivity contribution in [3.8, 4) is 28.4 Å². The third-order valence-corrected chi connectivity index (χ3v) is 12.3. The fraction of sp³-hybridized carbons (Fsp3) is 0.240. The average molecular weight is 896 g/mol. The zero-order valence-corrected chi connectivity index (χ0v) is 35.6. The molecule has 8 rings (SSSR count). The number of fused-ring (bicyclic) bond motifs is 2. The molecule has 8 nitrogen and oxygen atoms in total. The van der Waals surface area contributed by atoms with Crippen LogP contribution in [0.3, 0.4) is 0 Å². The van der Waals surface area contributed by atoms with Gasteiger partial charge in [-0.1, -0.05) is 115 Å². The summed E-state index contributed by atoms with van der Waals surface area (Å²) in [5, 5.41) is 14.1. The van der Waals surface area contributed by atoms with Crippen LogP contribution in [0, 0.1) is 0 Å². The van der Waals surface area contributed by atoms with Crippen molar-refractivity contribution in [2.75, 3.05) is 6.61 Å². The summed E-state index contributed by atoms with van der Waals surface area (Å²) in [5.74, 6) is 0.242. The highest BCUT2D eigenvalue weighted by atomic mass is 35.5. The molecule has 2 aliphatic rings. The van der Waals surface area contributed by atoms with Crippen molar-refractivity contribution in [1.29, 1.82) is 0 Å². The van der Waals surface area contributed by atoms with E-state index in [0.29, 0.717) is 70.0 Å². The van der Waals surface area contributed by atoms with Gasteiger partial charge in [0, 0.05) is 19.0 Å². The molecule has 0 saturated carbocycles. The summed E-state index contributed by atoms with van der Waals surface area (Å²) in [7, 11) is 0. The Balaban J connectivity index is 0.980. The number of benzene rings is 6. The molecule has 2 N–H and O–H groups in total. The molecule has 324 valence electrons. The maximum atomic E-state index is 14.4. The number of carbonyl (C=O) groups is 2. The van der Waals surface area contributed by atoms with E-state index in [1.807, 2.05) is 72.8 Å². The van der Waals surface area contributed by atoms with Crippen molar-refractivity contribution in [3.63, 3.8) is 0 Å². The van der Waals surface area contributed by atoms with Crippen LogP contribution in [0.5, 0.6) is 17.2 Å². The highest BCUT2D eigenvalue weighted by Gasteiger charge is 2.39. The van der Waals surface area contributed by atoms with Gasteiger partial charge in [-0.3, -0.25) is 9.69 Å². The Morgan fingerprint density at radius 1 is 0.825 bits per heavy atom. The lowest BCUT2D eigenvalue weighted by atomic mass is 9.89. The van der Waals surface area contributed by atoms with Crippen molar-refractivity contribution >= 4 is 35.1 Å². The second-order valence-corrected chi connectivity index (χ2v) is 16.5. The minimum atomic E-state index is -4.44. The Morgan fingerprint density at radius 2 is 1.49 bits per heavy atom. The number of nitrogens with one attached hydrogen (secondary N) is 1. The van der Waals surface area contributed by atoms with Crippen LogP contribution in [-0.2, 0) is 41.8 Å². The van der Waals surface area contributed by atoms with Crippen LogP contribution in [0.25, 0.3) is 11.1 Å². The molecule has 0 spiro atoms. The summed E-state index contributed by atoms with van der Waals surface area (Å²) in [6.07, 6.45) is -3.81. The molecule has 0 bridgehead atoms. The van der Waals surface area contributed by atoms with Gasteiger partial charge >= 0.3 is 12.1 Å². The number of aliphatic carboxylic acids is 1. The van der Waals surface area contributed by atoms with E-state index < -0.39 is 35.7 Å². The standard InChI is InChI=1S/C50H43Cl2F3N2O6/c1-2-43(34-6-4-3-5-7-34)57-27-37-26-46-45(62-29-47(63-46)35-15-19-39(20-16-35)61-28-31-10-21-40(51)41(52)22-31)25-36(37)24-44(57)48(58)56-42(49(59)60)23-30-8-11-32(12-9-30)33-13-17-38(18-14-33)50(53,54)55/h3-22,25-26,42-44,47H,2,23-24,27-29H2,1H3,(H,56,58)(H,59,60)/t42-,43-,44-,47+/m0/s1. The fourth-order valence-electron chi connectivity index (χ4n) is 8.21. The van der Waals surface area contributed by atoms with E-state index in [2.05, 4.69) is 17.1 Å². The van der Waals surface area contributed by atoms with E-state index >= 15 is 0 Å². The molecular weight excluding hydrogens is 852 g/mol. The largest absolute Gasteiger partial charge is 0.489 e.